The summed E-state index contributed by atoms with van der Waals surface area (Å²) in [7, 11) is 0. The van der Waals surface area contributed by atoms with E-state index in [1.807, 2.05) is 48.9 Å². The van der Waals surface area contributed by atoms with Crippen LogP contribution in [0.15, 0.2) is 36.5 Å². The number of hydrogen-bond donors (Lipinski definition) is 2. The molecule has 1 amide bonds. The van der Waals surface area contributed by atoms with Crippen molar-refractivity contribution in [1.82, 2.24) is 25.3 Å². The Morgan fingerprint density at radius 1 is 1.30 bits per heavy atom. The van der Waals surface area contributed by atoms with Gasteiger partial charge in [-0.1, -0.05) is 29.8 Å². The van der Waals surface area contributed by atoms with Crippen molar-refractivity contribution in [2.45, 2.75) is 20.4 Å². The number of benzene rings is 1. The highest BCUT2D eigenvalue weighted by atomic mass is 35.5. The standard InChI is InChI=1S/C16H16ClN5O/c1-10-13(8-18-16(23)15-14(17)9-19-20-15)11(2)22(21-10)12-6-4-3-5-7-12/h3-7,9H,8H2,1-2H3,(H,18,23)(H,19,20). The Labute approximate surface area is 138 Å². The van der Waals surface area contributed by atoms with Crippen LogP contribution in [0.25, 0.3) is 5.69 Å². The number of halogens is 1. The molecule has 3 rings (SSSR count). The number of aryl methyl sites for hydroxylation is 1. The van der Waals surface area contributed by atoms with Crippen LogP contribution in [0.1, 0.15) is 27.4 Å². The maximum absolute atomic E-state index is 12.1. The Balaban J connectivity index is 1.80. The van der Waals surface area contributed by atoms with Gasteiger partial charge in [-0.05, 0) is 26.0 Å². The van der Waals surface area contributed by atoms with Gasteiger partial charge in [-0.25, -0.2) is 4.68 Å². The first kappa shape index (κ1) is 15.3. The zero-order valence-corrected chi connectivity index (χ0v) is 13.6. The van der Waals surface area contributed by atoms with Gasteiger partial charge in [0.15, 0.2) is 0 Å². The summed E-state index contributed by atoms with van der Waals surface area (Å²) in [5, 5.41) is 14.0. The van der Waals surface area contributed by atoms with Gasteiger partial charge in [0.25, 0.3) is 5.91 Å². The molecule has 0 bridgehead atoms. The fourth-order valence-corrected chi connectivity index (χ4v) is 2.62. The van der Waals surface area contributed by atoms with E-state index in [0.717, 1.165) is 22.6 Å². The van der Waals surface area contributed by atoms with Gasteiger partial charge >= 0.3 is 0 Å². The molecule has 0 saturated carbocycles. The van der Waals surface area contributed by atoms with Crippen LogP contribution in [0.4, 0.5) is 0 Å². The zero-order valence-electron chi connectivity index (χ0n) is 12.8. The van der Waals surface area contributed by atoms with Crippen LogP contribution in [-0.4, -0.2) is 25.9 Å². The van der Waals surface area contributed by atoms with Crippen molar-refractivity contribution in [2.24, 2.45) is 0 Å². The molecule has 0 aliphatic carbocycles. The summed E-state index contributed by atoms with van der Waals surface area (Å²) in [6.07, 6.45) is 1.40. The molecule has 2 aromatic heterocycles. The molecular weight excluding hydrogens is 314 g/mol. The molecular formula is C16H16ClN5O. The Hall–Kier alpha value is -2.60. The molecule has 0 aliphatic rings. The first-order chi connectivity index (χ1) is 11.1. The van der Waals surface area contributed by atoms with Crippen LogP contribution in [0.3, 0.4) is 0 Å². The molecule has 6 nitrogen and oxygen atoms in total. The van der Waals surface area contributed by atoms with Gasteiger partial charge in [0.2, 0.25) is 0 Å². The topological polar surface area (TPSA) is 75.6 Å². The summed E-state index contributed by atoms with van der Waals surface area (Å²) in [5.41, 5.74) is 4.10. The van der Waals surface area contributed by atoms with Crippen molar-refractivity contribution in [3.63, 3.8) is 0 Å². The summed E-state index contributed by atoms with van der Waals surface area (Å²) >= 11 is 5.89. The number of para-hydroxylation sites is 1. The second-order valence-electron chi connectivity index (χ2n) is 5.17. The highest BCUT2D eigenvalue weighted by molar-refractivity contribution is 6.33. The minimum absolute atomic E-state index is 0.262. The monoisotopic (exact) mass is 329 g/mol. The first-order valence-corrected chi connectivity index (χ1v) is 7.53. The van der Waals surface area contributed by atoms with E-state index >= 15 is 0 Å². The van der Waals surface area contributed by atoms with Crippen LogP contribution >= 0.6 is 11.6 Å². The van der Waals surface area contributed by atoms with Gasteiger partial charge in [0.05, 0.1) is 22.6 Å². The summed E-state index contributed by atoms with van der Waals surface area (Å²) in [4.78, 5) is 12.1. The number of aromatic nitrogens is 4. The van der Waals surface area contributed by atoms with Gasteiger partial charge in [0.1, 0.15) is 5.69 Å². The Bertz CT molecular complexity index is 838. The van der Waals surface area contributed by atoms with Crippen LogP contribution in [0.5, 0.6) is 0 Å². The van der Waals surface area contributed by atoms with E-state index in [-0.39, 0.29) is 11.6 Å². The molecule has 2 N–H and O–H groups in total. The first-order valence-electron chi connectivity index (χ1n) is 7.15. The van der Waals surface area contributed by atoms with E-state index in [1.54, 1.807) is 0 Å². The van der Waals surface area contributed by atoms with Crippen LogP contribution in [0, 0.1) is 13.8 Å². The predicted molar refractivity (Wildman–Crippen MR) is 87.8 cm³/mol. The summed E-state index contributed by atoms with van der Waals surface area (Å²) < 4.78 is 1.87. The minimum Gasteiger partial charge on any atom is -0.346 e. The molecule has 0 unspecified atom stereocenters. The van der Waals surface area contributed by atoms with Crippen LogP contribution in [-0.2, 0) is 6.54 Å². The van der Waals surface area contributed by atoms with Crippen molar-refractivity contribution in [2.75, 3.05) is 0 Å². The lowest BCUT2D eigenvalue weighted by atomic mass is 10.2. The molecule has 0 spiro atoms. The van der Waals surface area contributed by atoms with Crippen molar-refractivity contribution < 1.29 is 4.79 Å². The van der Waals surface area contributed by atoms with E-state index in [2.05, 4.69) is 20.6 Å². The van der Waals surface area contributed by atoms with Gasteiger partial charge in [-0.15, -0.1) is 0 Å². The maximum atomic E-state index is 12.1. The Kier molecular flexibility index (Phi) is 4.16. The molecule has 7 heteroatoms. The number of amides is 1. The van der Waals surface area contributed by atoms with Crippen LogP contribution in [0.2, 0.25) is 5.02 Å². The Morgan fingerprint density at radius 2 is 2.04 bits per heavy atom. The van der Waals surface area contributed by atoms with E-state index in [4.69, 9.17) is 11.6 Å². The molecule has 3 aromatic rings. The normalized spacial score (nSPS) is 10.7. The van der Waals surface area contributed by atoms with Crippen LogP contribution < -0.4 is 5.32 Å². The fourth-order valence-electron chi connectivity index (χ4n) is 2.44. The lowest BCUT2D eigenvalue weighted by Crippen LogP contribution is -2.24. The number of aromatic amines is 1. The maximum Gasteiger partial charge on any atom is 0.271 e. The van der Waals surface area contributed by atoms with Crippen molar-refractivity contribution in [3.05, 3.63) is 64.2 Å². The highest BCUT2D eigenvalue weighted by Gasteiger charge is 2.16. The lowest BCUT2D eigenvalue weighted by molar-refractivity contribution is 0.0946. The number of nitrogens with one attached hydrogen (secondary N) is 2. The second kappa shape index (κ2) is 6.26. The quantitative estimate of drug-likeness (QED) is 0.772. The third kappa shape index (κ3) is 2.98. The second-order valence-corrected chi connectivity index (χ2v) is 5.58. The summed E-state index contributed by atoms with van der Waals surface area (Å²) in [5.74, 6) is -0.293. The molecule has 2 heterocycles. The van der Waals surface area contributed by atoms with E-state index < -0.39 is 0 Å². The van der Waals surface area contributed by atoms with Gasteiger partial charge in [0, 0.05) is 17.8 Å². The van der Waals surface area contributed by atoms with Crippen molar-refractivity contribution in [1.29, 1.82) is 0 Å². The molecule has 1 aromatic carbocycles. The molecule has 0 aliphatic heterocycles. The van der Waals surface area contributed by atoms with E-state index in [0.29, 0.717) is 11.6 Å². The number of carbonyl (C=O) groups is 1. The molecule has 0 fully saturated rings. The average molecular weight is 330 g/mol. The van der Waals surface area contributed by atoms with Crippen molar-refractivity contribution >= 4 is 17.5 Å². The van der Waals surface area contributed by atoms with Gasteiger partial charge in [-0.2, -0.15) is 10.2 Å². The largest absolute Gasteiger partial charge is 0.346 e. The SMILES string of the molecule is Cc1nn(-c2ccccc2)c(C)c1CNC(=O)c1[nH]ncc1Cl. The number of hydrogen-bond acceptors (Lipinski definition) is 3. The van der Waals surface area contributed by atoms with Crippen molar-refractivity contribution in [3.8, 4) is 5.69 Å². The third-order valence-corrected chi connectivity index (χ3v) is 3.97. The molecule has 0 atom stereocenters. The minimum atomic E-state index is -0.293. The lowest BCUT2D eigenvalue weighted by Gasteiger charge is -2.06. The molecule has 0 radical (unpaired) electrons. The zero-order chi connectivity index (χ0) is 16.4. The highest BCUT2D eigenvalue weighted by Crippen LogP contribution is 2.18. The summed E-state index contributed by atoms with van der Waals surface area (Å²) in [6.45, 7) is 4.29. The smallest absolute Gasteiger partial charge is 0.271 e. The fraction of sp³-hybridized carbons (Fsp3) is 0.188. The Morgan fingerprint density at radius 3 is 2.70 bits per heavy atom. The van der Waals surface area contributed by atoms with E-state index in [1.165, 1.54) is 6.20 Å². The van der Waals surface area contributed by atoms with Gasteiger partial charge in [-0.3, -0.25) is 9.89 Å². The van der Waals surface area contributed by atoms with Gasteiger partial charge < -0.3 is 5.32 Å². The number of carbonyl (C=O) groups excluding carboxylic acids is 1. The van der Waals surface area contributed by atoms with E-state index in [9.17, 15) is 4.79 Å². The third-order valence-electron chi connectivity index (χ3n) is 3.69. The average Bonchev–Trinajstić information content (AvgIpc) is 3.10. The number of H-pyrrole nitrogens is 1. The number of rotatable bonds is 4. The summed E-state index contributed by atoms with van der Waals surface area (Å²) in [6, 6.07) is 9.88. The molecule has 0 saturated heterocycles. The predicted octanol–water partition coefficient (Wildman–Crippen LogP) is 2.80. The number of nitrogens with zero attached hydrogens (tertiary/aromatic N) is 3. The molecule has 118 valence electrons. The molecule has 23 heavy (non-hydrogen) atoms.